The third kappa shape index (κ3) is 7.72. The minimum Gasteiger partial charge on any atom is -0.357 e. The van der Waals surface area contributed by atoms with Crippen molar-refractivity contribution in [3.8, 4) is 0 Å². The predicted octanol–water partition coefficient (Wildman–Crippen LogP) is 3.06. The lowest BCUT2D eigenvalue weighted by Crippen LogP contribution is -2.38. The van der Waals surface area contributed by atoms with E-state index in [1.165, 1.54) is 17.5 Å². The first-order chi connectivity index (χ1) is 13.9. The Morgan fingerprint density at radius 3 is 2.41 bits per heavy atom. The number of hydrogen-bond acceptors (Lipinski definition) is 4. The zero-order chi connectivity index (χ0) is 21.3. The van der Waals surface area contributed by atoms with E-state index in [0.717, 1.165) is 30.2 Å². The van der Waals surface area contributed by atoms with Gasteiger partial charge in [-0.15, -0.1) is 11.8 Å². The van der Waals surface area contributed by atoms with E-state index in [1.54, 1.807) is 11.8 Å². The number of nitrogens with one attached hydrogen (secondary N) is 2. The number of benzene rings is 2. The van der Waals surface area contributed by atoms with Crippen LogP contribution in [0.4, 0.5) is 0 Å². The van der Waals surface area contributed by atoms with E-state index < -0.39 is 10.0 Å². The van der Waals surface area contributed by atoms with Crippen LogP contribution in [0.5, 0.6) is 0 Å². The van der Waals surface area contributed by atoms with Gasteiger partial charge < -0.3 is 10.2 Å². The summed E-state index contributed by atoms with van der Waals surface area (Å²) in [5.74, 6) is 0.780. The molecule has 0 bridgehead atoms. The van der Waals surface area contributed by atoms with Crippen molar-refractivity contribution in [2.45, 2.75) is 30.7 Å². The first kappa shape index (κ1) is 23.3. The first-order valence-corrected chi connectivity index (χ1v) is 12.4. The Bertz CT molecular complexity index is 913. The van der Waals surface area contributed by atoms with Crippen LogP contribution >= 0.6 is 11.8 Å². The summed E-state index contributed by atoms with van der Waals surface area (Å²) in [5.41, 5.74) is 2.94. The Kier molecular flexibility index (Phi) is 9.00. The van der Waals surface area contributed by atoms with Crippen LogP contribution in [0, 0.1) is 0 Å². The lowest BCUT2D eigenvalue weighted by atomic mass is 10.1. The number of rotatable bonds is 9. The molecule has 0 aromatic heterocycles. The van der Waals surface area contributed by atoms with Crippen LogP contribution in [-0.2, 0) is 28.9 Å². The fourth-order valence-electron chi connectivity index (χ4n) is 2.82. The van der Waals surface area contributed by atoms with Crippen molar-refractivity contribution in [1.29, 1.82) is 0 Å². The Hall–Kier alpha value is -2.03. The Morgan fingerprint density at radius 2 is 1.79 bits per heavy atom. The zero-order valence-electron chi connectivity index (χ0n) is 17.5. The standard InChI is InChI=1S/C21H30N4O2S2/c1-5-23-21(25(3)15-17-9-11-20(28-4)12-10-17)24-14-18-7-6-8-19(13-18)16-29(26,27)22-2/h6-13,22H,5,14-16H2,1-4H3,(H,23,24). The molecule has 8 heteroatoms. The van der Waals surface area contributed by atoms with Crippen LogP contribution < -0.4 is 10.0 Å². The molecule has 0 saturated carbocycles. The highest BCUT2D eigenvalue weighted by atomic mass is 32.2. The van der Waals surface area contributed by atoms with E-state index in [4.69, 9.17) is 4.99 Å². The minimum absolute atomic E-state index is 0.0347. The normalized spacial score (nSPS) is 12.1. The molecular weight excluding hydrogens is 404 g/mol. The van der Waals surface area contributed by atoms with E-state index in [-0.39, 0.29) is 5.75 Å². The summed E-state index contributed by atoms with van der Waals surface area (Å²) < 4.78 is 25.9. The largest absolute Gasteiger partial charge is 0.357 e. The number of aliphatic imine (C=N–C) groups is 1. The number of nitrogens with zero attached hydrogens (tertiary/aromatic N) is 2. The maximum Gasteiger partial charge on any atom is 0.215 e. The zero-order valence-corrected chi connectivity index (χ0v) is 19.1. The molecule has 0 unspecified atom stereocenters. The topological polar surface area (TPSA) is 73.8 Å². The van der Waals surface area contributed by atoms with Gasteiger partial charge in [0, 0.05) is 25.0 Å². The molecule has 0 aliphatic carbocycles. The molecule has 2 aromatic rings. The van der Waals surface area contributed by atoms with E-state index in [2.05, 4.69) is 45.5 Å². The summed E-state index contributed by atoms with van der Waals surface area (Å²) in [6.45, 7) is 4.04. The van der Waals surface area contributed by atoms with Gasteiger partial charge in [-0.1, -0.05) is 36.4 Å². The minimum atomic E-state index is -3.29. The van der Waals surface area contributed by atoms with Crippen molar-refractivity contribution >= 4 is 27.7 Å². The molecule has 0 aliphatic heterocycles. The fraction of sp³-hybridized carbons (Fsp3) is 0.381. The lowest BCUT2D eigenvalue weighted by Gasteiger charge is -2.22. The lowest BCUT2D eigenvalue weighted by molar-refractivity contribution is 0.476. The van der Waals surface area contributed by atoms with E-state index in [1.807, 2.05) is 38.2 Å². The van der Waals surface area contributed by atoms with Gasteiger partial charge in [0.1, 0.15) is 0 Å². The van der Waals surface area contributed by atoms with Crippen LogP contribution in [0.15, 0.2) is 58.4 Å². The molecule has 158 valence electrons. The molecule has 2 rings (SSSR count). The average molecular weight is 435 g/mol. The molecule has 6 nitrogen and oxygen atoms in total. The number of thioether (sulfide) groups is 1. The van der Waals surface area contributed by atoms with Crippen LogP contribution in [0.25, 0.3) is 0 Å². The number of sulfonamides is 1. The van der Waals surface area contributed by atoms with Crippen molar-refractivity contribution in [2.75, 3.05) is 26.9 Å². The highest BCUT2D eigenvalue weighted by molar-refractivity contribution is 7.98. The van der Waals surface area contributed by atoms with E-state index in [0.29, 0.717) is 6.54 Å². The summed E-state index contributed by atoms with van der Waals surface area (Å²) in [4.78, 5) is 8.07. The molecule has 0 saturated heterocycles. The highest BCUT2D eigenvalue weighted by Gasteiger charge is 2.10. The van der Waals surface area contributed by atoms with Crippen LogP contribution in [0.1, 0.15) is 23.6 Å². The van der Waals surface area contributed by atoms with Crippen LogP contribution in [-0.4, -0.2) is 46.2 Å². The van der Waals surface area contributed by atoms with E-state index >= 15 is 0 Å². The maximum absolute atomic E-state index is 11.8. The summed E-state index contributed by atoms with van der Waals surface area (Å²) >= 11 is 1.73. The van der Waals surface area contributed by atoms with Crippen LogP contribution in [0.2, 0.25) is 0 Å². The Labute approximate surface area is 178 Å². The third-order valence-corrected chi connectivity index (χ3v) is 6.42. The van der Waals surface area contributed by atoms with Gasteiger partial charge in [-0.25, -0.2) is 18.1 Å². The van der Waals surface area contributed by atoms with Gasteiger partial charge in [0.2, 0.25) is 10.0 Å². The third-order valence-electron chi connectivity index (χ3n) is 4.35. The maximum atomic E-state index is 11.8. The predicted molar refractivity (Wildman–Crippen MR) is 123 cm³/mol. The van der Waals surface area contributed by atoms with Crippen LogP contribution in [0.3, 0.4) is 0 Å². The SMILES string of the molecule is CCNC(=NCc1cccc(CS(=O)(=O)NC)c1)N(C)Cc1ccc(SC)cc1. The quantitative estimate of drug-likeness (QED) is 0.360. The highest BCUT2D eigenvalue weighted by Crippen LogP contribution is 2.16. The summed E-state index contributed by atoms with van der Waals surface area (Å²) in [6, 6.07) is 16.1. The Balaban J connectivity index is 2.09. The molecule has 0 spiro atoms. The van der Waals surface area contributed by atoms with Gasteiger partial charge in [-0.3, -0.25) is 0 Å². The molecule has 0 amide bonds. The molecule has 0 fully saturated rings. The first-order valence-electron chi connectivity index (χ1n) is 9.48. The van der Waals surface area contributed by atoms with Crippen molar-refractivity contribution in [3.63, 3.8) is 0 Å². The molecule has 0 heterocycles. The molecule has 0 aliphatic rings. The smallest absolute Gasteiger partial charge is 0.215 e. The number of hydrogen-bond donors (Lipinski definition) is 2. The summed E-state index contributed by atoms with van der Waals surface area (Å²) in [6.07, 6.45) is 2.07. The summed E-state index contributed by atoms with van der Waals surface area (Å²) in [5, 5.41) is 3.32. The van der Waals surface area contributed by atoms with Gasteiger partial charge in [0.15, 0.2) is 5.96 Å². The van der Waals surface area contributed by atoms with Gasteiger partial charge in [0.25, 0.3) is 0 Å². The average Bonchev–Trinajstić information content (AvgIpc) is 2.71. The second kappa shape index (κ2) is 11.2. The van der Waals surface area contributed by atoms with Crippen molar-refractivity contribution in [1.82, 2.24) is 14.9 Å². The van der Waals surface area contributed by atoms with Crippen molar-refractivity contribution in [2.24, 2.45) is 4.99 Å². The number of guanidine groups is 1. The molecular formula is C21H30N4O2S2. The van der Waals surface area contributed by atoms with E-state index in [9.17, 15) is 8.42 Å². The monoisotopic (exact) mass is 434 g/mol. The molecule has 2 N–H and O–H groups in total. The second-order valence-electron chi connectivity index (χ2n) is 6.66. The molecule has 0 atom stereocenters. The molecule has 29 heavy (non-hydrogen) atoms. The van der Waals surface area contributed by atoms with Crippen molar-refractivity contribution < 1.29 is 8.42 Å². The van der Waals surface area contributed by atoms with Gasteiger partial charge >= 0.3 is 0 Å². The van der Waals surface area contributed by atoms with Crippen molar-refractivity contribution in [3.05, 3.63) is 65.2 Å². The summed E-state index contributed by atoms with van der Waals surface area (Å²) in [7, 11) is 0.151. The molecule has 2 aromatic carbocycles. The fourth-order valence-corrected chi connectivity index (χ4v) is 4.00. The molecule has 0 radical (unpaired) electrons. The van der Waals surface area contributed by atoms with Gasteiger partial charge in [-0.2, -0.15) is 0 Å². The van der Waals surface area contributed by atoms with Gasteiger partial charge in [-0.05, 0) is 49.1 Å². The van der Waals surface area contributed by atoms with Gasteiger partial charge in [0.05, 0.1) is 12.3 Å². The Morgan fingerprint density at radius 1 is 1.10 bits per heavy atom. The second-order valence-corrected chi connectivity index (χ2v) is 9.46.